The van der Waals surface area contributed by atoms with E-state index in [1.807, 2.05) is 0 Å². The van der Waals surface area contributed by atoms with Crippen LogP contribution in [0.15, 0.2) is 0 Å². The van der Waals surface area contributed by atoms with Crippen LogP contribution in [0, 0.1) is 0 Å². The van der Waals surface area contributed by atoms with Gasteiger partial charge in [0, 0.05) is 72.5 Å². The monoisotopic (exact) mass is 1050 g/mol. The fourth-order valence-electron chi connectivity index (χ4n) is 11.8. The van der Waals surface area contributed by atoms with Gasteiger partial charge in [0.1, 0.15) is 5.78 Å². The predicted molar refractivity (Wildman–Crippen MR) is 274 cm³/mol. The molecule has 410 valence electrons. The normalized spacial score (nSPS) is 15.9. The molecule has 0 atom stereocenters. The van der Waals surface area contributed by atoms with Crippen LogP contribution in [0.4, 0.5) is 0 Å². The average Bonchev–Trinajstić information content (AvgIpc) is 3.36. The van der Waals surface area contributed by atoms with Crippen molar-refractivity contribution in [1.29, 1.82) is 0 Å². The van der Waals surface area contributed by atoms with Gasteiger partial charge in [-0.25, -0.2) is 15.2 Å². The van der Waals surface area contributed by atoms with Crippen molar-refractivity contribution in [2.24, 2.45) is 0 Å². The van der Waals surface area contributed by atoms with Gasteiger partial charge in [0.2, 0.25) is 23.6 Å². The molecular weight excluding hydrogens is 949 g/mol. The van der Waals surface area contributed by atoms with Crippen LogP contribution < -0.4 is 35.4 Å². The summed E-state index contributed by atoms with van der Waals surface area (Å²) in [5.41, 5.74) is 3.40. The van der Waals surface area contributed by atoms with Crippen molar-refractivity contribution < 1.29 is 69.7 Å². The molecule has 0 aromatic rings. The van der Waals surface area contributed by atoms with Crippen molar-refractivity contribution in [3.05, 3.63) is 0 Å². The molecule has 0 unspecified atom stereocenters. The minimum atomic E-state index is -0.903. The number of carbonyl (C=O) groups excluding carboxylic acids is 5. The summed E-state index contributed by atoms with van der Waals surface area (Å²) in [6.07, 6.45) is 43.9. The summed E-state index contributed by atoms with van der Waals surface area (Å²) in [5.74, 6) is -1.62. The number of carbonyl (C=O) groups is 5. The summed E-state index contributed by atoms with van der Waals surface area (Å²) >= 11 is 0. The molecule has 0 heterocycles. The molecule has 0 spiro atoms. The Morgan fingerprint density at radius 3 is 1.33 bits per heavy atom. The molecule has 6 N–H and O–H groups in total. The van der Waals surface area contributed by atoms with Crippen LogP contribution in [0.1, 0.15) is 251 Å². The van der Waals surface area contributed by atoms with E-state index in [9.17, 15) is 39.6 Å². The molecule has 0 aromatic carbocycles. The summed E-state index contributed by atoms with van der Waals surface area (Å²) in [7, 11) is -0.903. The second-order valence-corrected chi connectivity index (χ2v) is 25.8. The number of amides is 4. The first-order valence-corrected chi connectivity index (χ1v) is 30.6. The second kappa shape index (κ2) is 41.7. The van der Waals surface area contributed by atoms with Crippen LogP contribution in [0.5, 0.6) is 0 Å². The number of hydroxylamine groups is 6. The van der Waals surface area contributed by atoms with Crippen LogP contribution in [0.25, 0.3) is 0 Å². The quantitative estimate of drug-likeness (QED) is 0.0249. The first-order valence-electron chi connectivity index (χ1n) is 28.5. The Labute approximate surface area is 438 Å². The van der Waals surface area contributed by atoms with E-state index in [-0.39, 0.29) is 75.3 Å². The van der Waals surface area contributed by atoms with Crippen LogP contribution in [0.3, 0.4) is 0 Å². The van der Waals surface area contributed by atoms with Gasteiger partial charge in [-0.15, -0.1) is 0 Å². The standard InChI is InChI=1S/C54H100N5O8P.2ClH/c1-47(60)57(65)43-26-14-24-42-56-52(62)37-39-54(64)59(67)44-25-8-6-15-29-48(61)36-38-53(63)58(66)45-27-13-23-41-55-40-22-7-4-2-3-5-9-28-46-68(49-30-16-10-17-31-49,50-32-18-11-19-33-50)51-34-20-12-21-35-51;;/h49-51,55,65-67H,2-46H2,1H3;2*1H. The van der Waals surface area contributed by atoms with Gasteiger partial charge in [-0.3, -0.25) is 39.6 Å². The lowest BCUT2D eigenvalue weighted by atomic mass is 9.99. The van der Waals surface area contributed by atoms with E-state index in [0.717, 1.165) is 67.1 Å². The molecule has 3 fully saturated rings. The van der Waals surface area contributed by atoms with Gasteiger partial charge in [-0.1, -0.05) is 57.8 Å². The van der Waals surface area contributed by atoms with E-state index >= 15 is 0 Å². The van der Waals surface area contributed by atoms with Gasteiger partial charge in [-0.2, -0.15) is 0 Å². The maximum absolute atomic E-state index is 12.4. The zero-order chi connectivity index (χ0) is 49.1. The minimum absolute atomic E-state index is 0. The van der Waals surface area contributed by atoms with Gasteiger partial charge in [-0.05, 0) is 154 Å². The number of ketones is 1. The Kier molecular flexibility index (Phi) is 39.6. The Hall–Kier alpha value is -1.60. The molecule has 0 radical (unpaired) electrons. The number of Topliss-reactive ketones (excluding diaryl/α,β-unsaturated/α-hetero) is 1. The van der Waals surface area contributed by atoms with Crippen molar-refractivity contribution in [2.75, 3.05) is 45.4 Å². The molecule has 3 aliphatic rings. The first-order chi connectivity index (χ1) is 33.0. The first kappa shape index (κ1) is 66.4. The highest BCUT2D eigenvalue weighted by Gasteiger charge is 2.56. The predicted octanol–water partition coefficient (Wildman–Crippen LogP) is 4.90. The van der Waals surface area contributed by atoms with Gasteiger partial charge in [0.05, 0.1) is 36.2 Å². The van der Waals surface area contributed by atoms with Gasteiger partial charge in [0.15, 0.2) is 0 Å². The van der Waals surface area contributed by atoms with Crippen LogP contribution in [0.2, 0.25) is 0 Å². The van der Waals surface area contributed by atoms with E-state index in [0.29, 0.717) is 55.3 Å². The lowest BCUT2D eigenvalue weighted by molar-refractivity contribution is -0.655. The van der Waals surface area contributed by atoms with Crippen molar-refractivity contribution in [3.8, 4) is 0 Å². The number of nitrogens with zero attached hydrogens (tertiary/aromatic N) is 3. The summed E-state index contributed by atoms with van der Waals surface area (Å²) in [6, 6.07) is 0. The molecule has 70 heavy (non-hydrogen) atoms. The lowest BCUT2D eigenvalue weighted by Gasteiger charge is -2.49. The molecule has 0 aromatic heterocycles. The smallest absolute Gasteiger partial charge is 0.246 e. The number of nitrogens with one attached hydrogen (secondary N) is 1. The molecule has 0 aliphatic heterocycles. The molecule has 3 rings (SSSR count). The SMILES string of the molecule is CC(=O)N(O)CCCCCNC(=O)CCC(=O)N(O)CCCCCCC(=O)CCC(=O)N(O)CCCCC[NH2+]CCCCCCCCCC[P+](C1CCCCC1)(C1CCCCC1)C1CCCCC1.[Cl-].[Cl-]. The summed E-state index contributed by atoms with van der Waals surface area (Å²) in [5, 5.41) is 36.8. The topological polar surface area (TPSA) is 184 Å². The maximum Gasteiger partial charge on any atom is 0.246 e. The third-order valence-electron chi connectivity index (χ3n) is 15.8. The molecule has 0 bridgehead atoms. The van der Waals surface area contributed by atoms with Gasteiger partial charge >= 0.3 is 0 Å². The maximum atomic E-state index is 12.4. The number of unbranched alkanes of at least 4 members (excludes halogenated alkanes) is 14. The molecular formula is C54H102Cl2N5O8P. The number of hydrogen-bond acceptors (Lipinski definition) is 8. The van der Waals surface area contributed by atoms with Crippen LogP contribution >= 0.6 is 7.26 Å². The molecule has 16 heteroatoms. The van der Waals surface area contributed by atoms with Crippen LogP contribution in [-0.4, -0.2) is 123 Å². The fourth-order valence-corrected chi connectivity index (χ4v) is 19.4. The highest BCUT2D eigenvalue weighted by molar-refractivity contribution is 7.77. The van der Waals surface area contributed by atoms with Crippen molar-refractivity contribution in [3.63, 3.8) is 0 Å². The summed E-state index contributed by atoms with van der Waals surface area (Å²) in [6.45, 7) is 4.67. The van der Waals surface area contributed by atoms with E-state index in [4.69, 9.17) is 0 Å². The Morgan fingerprint density at radius 1 is 0.457 bits per heavy atom. The Bertz CT molecular complexity index is 1340. The molecule has 4 amide bonds. The van der Waals surface area contributed by atoms with Crippen molar-refractivity contribution in [2.45, 2.75) is 268 Å². The van der Waals surface area contributed by atoms with E-state index < -0.39 is 25.0 Å². The summed E-state index contributed by atoms with van der Waals surface area (Å²) < 4.78 is 0. The molecule has 3 aliphatic carbocycles. The van der Waals surface area contributed by atoms with Gasteiger partial charge in [0.25, 0.3) is 0 Å². The number of nitrogens with two attached hydrogens (primary N) is 1. The summed E-state index contributed by atoms with van der Waals surface area (Å²) in [4.78, 5) is 59.9. The number of rotatable bonds is 39. The highest BCUT2D eigenvalue weighted by atomic mass is 35.5. The number of quaternary nitrogens is 1. The number of halogens is 2. The number of hydrogen-bond donors (Lipinski definition) is 5. The van der Waals surface area contributed by atoms with E-state index in [1.54, 1.807) is 44.7 Å². The Morgan fingerprint density at radius 2 is 0.843 bits per heavy atom. The minimum Gasteiger partial charge on any atom is -1.00 e. The second-order valence-electron chi connectivity index (χ2n) is 21.1. The highest BCUT2D eigenvalue weighted by Crippen LogP contribution is 2.77. The molecule has 13 nitrogen and oxygen atoms in total. The van der Waals surface area contributed by atoms with Crippen molar-refractivity contribution in [1.82, 2.24) is 20.5 Å². The van der Waals surface area contributed by atoms with Crippen molar-refractivity contribution >= 4 is 36.7 Å². The average molecular weight is 1050 g/mol. The largest absolute Gasteiger partial charge is 1.00 e. The fraction of sp³-hybridized carbons (Fsp3) is 0.907. The Balaban J connectivity index is 0.0000122. The molecule has 3 saturated carbocycles. The third kappa shape index (κ3) is 28.2. The third-order valence-corrected chi connectivity index (χ3v) is 22.5. The van der Waals surface area contributed by atoms with Crippen LogP contribution in [-0.2, 0) is 24.0 Å². The van der Waals surface area contributed by atoms with E-state index in [2.05, 4.69) is 10.6 Å². The zero-order valence-electron chi connectivity index (χ0n) is 44.1. The van der Waals surface area contributed by atoms with E-state index in [1.165, 1.54) is 123 Å². The zero-order valence-corrected chi connectivity index (χ0v) is 46.5. The molecule has 0 saturated heterocycles. The van der Waals surface area contributed by atoms with Gasteiger partial charge < -0.3 is 35.4 Å². The lowest BCUT2D eigenvalue weighted by Crippen LogP contribution is -3.00.